The van der Waals surface area contributed by atoms with Crippen molar-refractivity contribution in [3.63, 3.8) is 0 Å². The van der Waals surface area contributed by atoms with E-state index in [9.17, 15) is 0 Å². The normalized spacial score (nSPS) is 38.1. The predicted octanol–water partition coefficient (Wildman–Crippen LogP) is 3.91. The summed E-state index contributed by atoms with van der Waals surface area (Å²) >= 11 is 0. The number of rotatable bonds is 0. The minimum atomic E-state index is -0.207. The van der Waals surface area contributed by atoms with Crippen LogP contribution in [0.5, 0.6) is 0 Å². The Kier molecular flexibility index (Phi) is 3.06. The molecular formula is C16H26O2. The molecule has 3 rings (SSSR count). The largest absolute Gasteiger partial charge is 0.349 e. The van der Waals surface area contributed by atoms with Crippen LogP contribution >= 0.6 is 0 Å². The molecule has 0 aromatic heterocycles. The molecule has 2 fully saturated rings. The molecule has 2 atom stereocenters. The second kappa shape index (κ2) is 4.35. The summed E-state index contributed by atoms with van der Waals surface area (Å²) in [4.78, 5) is 0. The van der Waals surface area contributed by atoms with Crippen molar-refractivity contribution in [3.05, 3.63) is 11.6 Å². The smallest absolute Gasteiger partial charge is 0.168 e. The zero-order chi connectivity index (χ0) is 12.8. The van der Waals surface area contributed by atoms with Crippen molar-refractivity contribution in [1.82, 2.24) is 0 Å². The summed E-state index contributed by atoms with van der Waals surface area (Å²) in [6.07, 6.45) is 8.35. The van der Waals surface area contributed by atoms with Gasteiger partial charge in [-0.25, -0.2) is 0 Å². The average molecular weight is 250 g/mol. The quantitative estimate of drug-likeness (QED) is 0.607. The Labute approximate surface area is 111 Å². The number of hydrogen-bond acceptors (Lipinski definition) is 2. The van der Waals surface area contributed by atoms with Gasteiger partial charge in [0.05, 0.1) is 13.2 Å². The molecule has 0 aromatic rings. The lowest BCUT2D eigenvalue weighted by atomic mass is 9.63. The van der Waals surface area contributed by atoms with E-state index >= 15 is 0 Å². The molecule has 0 radical (unpaired) electrons. The fourth-order valence-electron chi connectivity index (χ4n) is 4.16. The average Bonchev–Trinajstić information content (AvgIpc) is 2.77. The Bertz CT molecular complexity index is 342. The fraction of sp³-hybridized carbons (Fsp3) is 0.875. The van der Waals surface area contributed by atoms with Crippen molar-refractivity contribution in [2.24, 2.45) is 17.3 Å². The second-order valence-electron chi connectivity index (χ2n) is 6.84. The van der Waals surface area contributed by atoms with Gasteiger partial charge in [-0.2, -0.15) is 0 Å². The molecule has 0 unspecified atom stereocenters. The van der Waals surface area contributed by atoms with Gasteiger partial charge in [0.15, 0.2) is 5.79 Å². The zero-order valence-corrected chi connectivity index (χ0v) is 12.0. The highest BCUT2D eigenvalue weighted by Gasteiger charge is 2.51. The topological polar surface area (TPSA) is 18.5 Å². The monoisotopic (exact) mass is 250 g/mol. The van der Waals surface area contributed by atoms with Gasteiger partial charge in [-0.15, -0.1) is 0 Å². The standard InChI is InChI=1S/C16H26O2/c1-12-8-13(2)15(14(3)9-12)10-17-16(18-11-15)6-4-5-7-16/h8,13-14H,4-7,9-11H2,1-3H3/t13-,14+/m1/s1. The summed E-state index contributed by atoms with van der Waals surface area (Å²) in [6, 6.07) is 0. The molecule has 0 N–H and O–H groups in total. The lowest BCUT2D eigenvalue weighted by Gasteiger charge is -2.52. The third-order valence-electron chi connectivity index (χ3n) is 5.62. The second-order valence-corrected chi connectivity index (χ2v) is 6.84. The predicted molar refractivity (Wildman–Crippen MR) is 72.2 cm³/mol. The lowest BCUT2D eigenvalue weighted by molar-refractivity contribution is -0.314. The maximum atomic E-state index is 6.24. The van der Waals surface area contributed by atoms with E-state index in [2.05, 4.69) is 26.8 Å². The fourth-order valence-corrected chi connectivity index (χ4v) is 4.16. The molecule has 2 nitrogen and oxygen atoms in total. The van der Waals surface area contributed by atoms with Gasteiger partial charge in [-0.05, 0) is 38.0 Å². The molecule has 0 aromatic carbocycles. The van der Waals surface area contributed by atoms with E-state index in [0.29, 0.717) is 11.8 Å². The summed E-state index contributed by atoms with van der Waals surface area (Å²) in [7, 11) is 0. The Morgan fingerprint density at radius 3 is 2.28 bits per heavy atom. The molecule has 1 aliphatic heterocycles. The molecule has 2 aliphatic carbocycles. The van der Waals surface area contributed by atoms with E-state index < -0.39 is 0 Å². The van der Waals surface area contributed by atoms with E-state index in [4.69, 9.17) is 9.47 Å². The molecule has 1 saturated carbocycles. The first kappa shape index (κ1) is 12.7. The van der Waals surface area contributed by atoms with E-state index in [-0.39, 0.29) is 11.2 Å². The van der Waals surface area contributed by atoms with Crippen molar-refractivity contribution in [2.45, 2.75) is 58.7 Å². The Balaban J connectivity index is 1.77. The molecule has 0 bridgehead atoms. The van der Waals surface area contributed by atoms with E-state index in [1.807, 2.05) is 0 Å². The van der Waals surface area contributed by atoms with Crippen LogP contribution in [0, 0.1) is 17.3 Å². The third kappa shape index (κ3) is 1.85. The highest BCUT2D eigenvalue weighted by Crippen LogP contribution is 2.50. The van der Waals surface area contributed by atoms with Gasteiger partial charge in [-0.1, -0.05) is 25.5 Å². The van der Waals surface area contributed by atoms with Gasteiger partial charge >= 0.3 is 0 Å². The minimum absolute atomic E-state index is 0.207. The Hall–Kier alpha value is -0.340. The number of ether oxygens (including phenoxy) is 2. The van der Waals surface area contributed by atoms with E-state index in [1.165, 1.54) is 24.8 Å². The van der Waals surface area contributed by atoms with Gasteiger partial charge in [0.25, 0.3) is 0 Å². The first-order chi connectivity index (χ1) is 8.56. The molecule has 1 heterocycles. The molecule has 102 valence electrons. The maximum Gasteiger partial charge on any atom is 0.168 e. The van der Waals surface area contributed by atoms with Crippen LogP contribution in [0.1, 0.15) is 52.9 Å². The zero-order valence-electron chi connectivity index (χ0n) is 12.0. The molecule has 1 saturated heterocycles. The number of hydrogen-bond donors (Lipinski definition) is 0. The van der Waals surface area contributed by atoms with Crippen molar-refractivity contribution in [2.75, 3.05) is 13.2 Å². The Morgan fingerprint density at radius 2 is 1.72 bits per heavy atom. The molecule has 3 aliphatic rings. The number of allylic oxidation sites excluding steroid dienone is 2. The maximum absolute atomic E-state index is 6.24. The molecule has 2 heteroatoms. The van der Waals surface area contributed by atoms with Gasteiger partial charge in [0, 0.05) is 18.3 Å². The van der Waals surface area contributed by atoms with Gasteiger partial charge in [0.1, 0.15) is 0 Å². The van der Waals surface area contributed by atoms with Crippen LogP contribution < -0.4 is 0 Å². The molecular weight excluding hydrogens is 224 g/mol. The third-order valence-corrected chi connectivity index (χ3v) is 5.62. The van der Waals surface area contributed by atoms with Crippen LogP contribution in [0.25, 0.3) is 0 Å². The van der Waals surface area contributed by atoms with Crippen LogP contribution in [0.15, 0.2) is 11.6 Å². The summed E-state index contributed by atoms with van der Waals surface area (Å²) in [5.41, 5.74) is 1.75. The van der Waals surface area contributed by atoms with Crippen molar-refractivity contribution in [1.29, 1.82) is 0 Å². The van der Waals surface area contributed by atoms with Crippen LogP contribution in [0.4, 0.5) is 0 Å². The molecule has 18 heavy (non-hydrogen) atoms. The SMILES string of the molecule is CC1=C[C@@H](C)C2(COC3(CCCC3)OC2)[C@@H](C)C1. The highest BCUT2D eigenvalue weighted by atomic mass is 16.7. The summed E-state index contributed by atoms with van der Waals surface area (Å²) in [6.45, 7) is 8.73. The highest BCUT2D eigenvalue weighted by molar-refractivity contribution is 5.14. The van der Waals surface area contributed by atoms with Crippen molar-refractivity contribution < 1.29 is 9.47 Å². The van der Waals surface area contributed by atoms with Gasteiger partial charge in [-0.3, -0.25) is 0 Å². The summed E-state index contributed by atoms with van der Waals surface area (Å²) < 4.78 is 12.5. The van der Waals surface area contributed by atoms with E-state index in [0.717, 1.165) is 26.1 Å². The van der Waals surface area contributed by atoms with Crippen LogP contribution in [0.2, 0.25) is 0 Å². The van der Waals surface area contributed by atoms with Gasteiger partial charge in [0.2, 0.25) is 0 Å². The van der Waals surface area contributed by atoms with Crippen molar-refractivity contribution in [3.8, 4) is 0 Å². The summed E-state index contributed by atoms with van der Waals surface area (Å²) in [5.74, 6) is 1.03. The van der Waals surface area contributed by atoms with Crippen LogP contribution in [-0.4, -0.2) is 19.0 Å². The van der Waals surface area contributed by atoms with Gasteiger partial charge < -0.3 is 9.47 Å². The lowest BCUT2D eigenvalue weighted by Crippen LogP contribution is -2.54. The van der Waals surface area contributed by atoms with Crippen LogP contribution in [-0.2, 0) is 9.47 Å². The first-order valence-electron chi connectivity index (χ1n) is 7.52. The Morgan fingerprint density at radius 1 is 1.11 bits per heavy atom. The van der Waals surface area contributed by atoms with Crippen LogP contribution in [0.3, 0.4) is 0 Å². The summed E-state index contributed by atoms with van der Waals surface area (Å²) in [5, 5.41) is 0. The van der Waals surface area contributed by atoms with Crippen molar-refractivity contribution >= 4 is 0 Å². The molecule has 2 spiro atoms. The first-order valence-corrected chi connectivity index (χ1v) is 7.52. The minimum Gasteiger partial charge on any atom is -0.349 e. The molecule has 0 amide bonds. The van der Waals surface area contributed by atoms with E-state index in [1.54, 1.807) is 0 Å².